The van der Waals surface area contributed by atoms with E-state index in [1.165, 1.54) is 7.11 Å². The van der Waals surface area contributed by atoms with Crippen LogP contribution in [0.1, 0.15) is 17.2 Å². The lowest BCUT2D eigenvalue weighted by Gasteiger charge is -2.20. The van der Waals surface area contributed by atoms with Crippen LogP contribution >= 0.6 is 0 Å². The summed E-state index contributed by atoms with van der Waals surface area (Å²) in [6.45, 7) is 0. The number of hydrogen-bond acceptors (Lipinski definition) is 4. The average Bonchev–Trinajstić information content (AvgIpc) is 2.63. The van der Waals surface area contributed by atoms with Crippen molar-refractivity contribution in [2.45, 2.75) is 18.6 Å². The average molecular weight is 343 g/mol. The molecule has 0 aromatic heterocycles. The number of ether oxygens (including phenoxy) is 2. The van der Waals surface area contributed by atoms with Gasteiger partial charge in [0.15, 0.2) is 6.10 Å². The predicted molar refractivity (Wildman–Crippen MR) is 92.5 cm³/mol. The Labute approximate surface area is 146 Å². The Hall–Kier alpha value is -2.86. The number of carbonyl (C=O) groups is 2. The number of carboxylic acid groups (broad SMARTS) is 1. The van der Waals surface area contributed by atoms with Crippen molar-refractivity contribution in [3.63, 3.8) is 0 Å². The van der Waals surface area contributed by atoms with Crippen molar-refractivity contribution < 1.29 is 24.2 Å². The van der Waals surface area contributed by atoms with Gasteiger partial charge in [0.25, 0.3) is 5.91 Å². The first-order chi connectivity index (χ1) is 12.0. The van der Waals surface area contributed by atoms with Crippen LogP contribution in [0, 0.1) is 0 Å². The van der Waals surface area contributed by atoms with Gasteiger partial charge in [-0.25, -0.2) is 4.79 Å². The van der Waals surface area contributed by atoms with Crippen LogP contribution in [0.25, 0.3) is 0 Å². The normalized spacial score (nSPS) is 12.9. The van der Waals surface area contributed by atoms with Crippen molar-refractivity contribution in [2.75, 3.05) is 14.2 Å². The molecule has 0 saturated heterocycles. The summed E-state index contributed by atoms with van der Waals surface area (Å²) in [5.74, 6) is -0.912. The van der Waals surface area contributed by atoms with E-state index < -0.39 is 24.0 Å². The van der Waals surface area contributed by atoms with E-state index in [-0.39, 0.29) is 6.42 Å². The molecule has 0 aliphatic rings. The number of carbonyl (C=O) groups excluding carboxylic acids is 1. The molecule has 132 valence electrons. The van der Waals surface area contributed by atoms with Crippen LogP contribution in [0.3, 0.4) is 0 Å². The van der Waals surface area contributed by atoms with Crippen LogP contribution in [0.2, 0.25) is 0 Å². The van der Waals surface area contributed by atoms with Gasteiger partial charge in [-0.15, -0.1) is 0 Å². The molecule has 0 unspecified atom stereocenters. The second-order valence-electron chi connectivity index (χ2n) is 5.48. The highest BCUT2D eigenvalue weighted by Crippen LogP contribution is 2.17. The minimum absolute atomic E-state index is 0.163. The van der Waals surface area contributed by atoms with Gasteiger partial charge in [-0.3, -0.25) is 4.79 Å². The number of methoxy groups -OCH3 is 2. The molecule has 0 aliphatic heterocycles. The molecule has 0 fully saturated rings. The highest BCUT2D eigenvalue weighted by molar-refractivity contribution is 5.87. The van der Waals surface area contributed by atoms with Gasteiger partial charge >= 0.3 is 5.97 Å². The number of nitrogens with one attached hydrogen (secondary N) is 1. The van der Waals surface area contributed by atoms with Gasteiger partial charge in [-0.2, -0.15) is 0 Å². The fourth-order valence-corrected chi connectivity index (χ4v) is 2.47. The Morgan fingerprint density at radius 2 is 1.68 bits per heavy atom. The van der Waals surface area contributed by atoms with Crippen LogP contribution in [0.5, 0.6) is 5.75 Å². The molecule has 0 radical (unpaired) electrons. The maximum atomic E-state index is 12.5. The summed E-state index contributed by atoms with van der Waals surface area (Å²) >= 11 is 0. The van der Waals surface area contributed by atoms with E-state index in [2.05, 4.69) is 5.32 Å². The van der Waals surface area contributed by atoms with Gasteiger partial charge in [0.2, 0.25) is 0 Å². The predicted octanol–water partition coefficient (Wildman–Crippen LogP) is 2.19. The molecule has 0 spiro atoms. The number of amides is 1. The van der Waals surface area contributed by atoms with E-state index in [0.29, 0.717) is 11.3 Å². The number of benzene rings is 2. The van der Waals surface area contributed by atoms with Crippen LogP contribution in [0.15, 0.2) is 54.6 Å². The molecule has 2 atom stereocenters. The topological polar surface area (TPSA) is 84.9 Å². The van der Waals surface area contributed by atoms with Crippen molar-refractivity contribution in [3.05, 3.63) is 65.7 Å². The SMILES string of the molecule is COc1ccc(C[C@@H](NC(=O)[C@@H](OC)c2ccccc2)C(=O)O)cc1. The Morgan fingerprint density at radius 3 is 2.20 bits per heavy atom. The first-order valence-electron chi connectivity index (χ1n) is 7.79. The summed E-state index contributed by atoms with van der Waals surface area (Å²) < 4.78 is 10.3. The van der Waals surface area contributed by atoms with Crippen molar-refractivity contribution in [3.8, 4) is 5.75 Å². The molecule has 1 amide bonds. The number of carboxylic acids is 1. The summed E-state index contributed by atoms with van der Waals surface area (Å²) in [7, 11) is 2.97. The third-order valence-electron chi connectivity index (χ3n) is 3.79. The second kappa shape index (κ2) is 8.84. The lowest BCUT2D eigenvalue weighted by molar-refractivity contribution is -0.144. The molecule has 0 aliphatic carbocycles. The molecule has 2 aromatic carbocycles. The van der Waals surface area contributed by atoms with E-state index >= 15 is 0 Å². The number of aliphatic carboxylic acids is 1. The molecule has 2 N–H and O–H groups in total. The van der Waals surface area contributed by atoms with Crippen molar-refractivity contribution in [1.82, 2.24) is 5.32 Å². The molecular weight excluding hydrogens is 322 g/mol. The first kappa shape index (κ1) is 18.5. The standard InChI is InChI=1S/C19H21NO5/c1-24-15-10-8-13(9-11-15)12-16(19(22)23)20-18(21)17(25-2)14-6-4-3-5-7-14/h3-11,16-17H,12H2,1-2H3,(H,20,21)(H,22,23)/t16-,17+/m1/s1. The summed E-state index contributed by atoms with van der Waals surface area (Å²) in [5, 5.41) is 12.0. The molecule has 0 heterocycles. The zero-order valence-corrected chi connectivity index (χ0v) is 14.1. The molecule has 0 bridgehead atoms. The fraction of sp³-hybridized carbons (Fsp3) is 0.263. The summed E-state index contributed by atoms with van der Waals surface area (Å²) in [5.41, 5.74) is 1.44. The maximum absolute atomic E-state index is 12.5. The van der Waals surface area contributed by atoms with Gasteiger partial charge in [0.05, 0.1) is 7.11 Å². The molecular formula is C19H21NO5. The third kappa shape index (κ3) is 5.06. The number of hydrogen-bond donors (Lipinski definition) is 2. The Kier molecular flexibility index (Phi) is 6.54. The smallest absolute Gasteiger partial charge is 0.326 e. The Bertz CT molecular complexity index is 700. The molecule has 6 nitrogen and oxygen atoms in total. The largest absolute Gasteiger partial charge is 0.497 e. The zero-order valence-electron chi connectivity index (χ0n) is 14.1. The Balaban J connectivity index is 2.09. The minimum atomic E-state index is -1.10. The van der Waals surface area contributed by atoms with Gasteiger partial charge in [0, 0.05) is 13.5 Å². The van der Waals surface area contributed by atoms with Gasteiger partial charge in [-0.05, 0) is 23.3 Å². The van der Waals surface area contributed by atoms with Crippen LogP contribution in [-0.4, -0.2) is 37.2 Å². The van der Waals surface area contributed by atoms with Crippen molar-refractivity contribution in [1.29, 1.82) is 0 Å². The van der Waals surface area contributed by atoms with E-state index in [1.807, 2.05) is 6.07 Å². The monoisotopic (exact) mass is 343 g/mol. The van der Waals surface area contributed by atoms with Gasteiger partial charge < -0.3 is 19.9 Å². The maximum Gasteiger partial charge on any atom is 0.326 e. The van der Waals surface area contributed by atoms with Gasteiger partial charge in [-0.1, -0.05) is 42.5 Å². The molecule has 25 heavy (non-hydrogen) atoms. The third-order valence-corrected chi connectivity index (χ3v) is 3.79. The summed E-state index contributed by atoms with van der Waals surface area (Å²) in [6.07, 6.45) is -0.699. The molecule has 6 heteroatoms. The fourth-order valence-electron chi connectivity index (χ4n) is 2.47. The lowest BCUT2D eigenvalue weighted by Crippen LogP contribution is -2.44. The Morgan fingerprint density at radius 1 is 1.04 bits per heavy atom. The minimum Gasteiger partial charge on any atom is -0.497 e. The molecule has 2 aromatic rings. The summed E-state index contributed by atoms with van der Waals surface area (Å²) in [6, 6.07) is 14.9. The zero-order chi connectivity index (χ0) is 18.2. The van der Waals surface area contributed by atoms with Crippen LogP contribution in [-0.2, 0) is 20.7 Å². The highest BCUT2D eigenvalue weighted by atomic mass is 16.5. The van der Waals surface area contributed by atoms with Crippen LogP contribution < -0.4 is 10.1 Å². The van der Waals surface area contributed by atoms with E-state index in [1.54, 1.807) is 55.6 Å². The quantitative estimate of drug-likeness (QED) is 0.767. The molecule has 0 saturated carbocycles. The number of rotatable bonds is 8. The van der Waals surface area contributed by atoms with Crippen molar-refractivity contribution >= 4 is 11.9 Å². The van der Waals surface area contributed by atoms with E-state index in [4.69, 9.17) is 9.47 Å². The second-order valence-corrected chi connectivity index (χ2v) is 5.48. The van der Waals surface area contributed by atoms with E-state index in [9.17, 15) is 14.7 Å². The first-order valence-corrected chi connectivity index (χ1v) is 7.79. The highest BCUT2D eigenvalue weighted by Gasteiger charge is 2.26. The lowest BCUT2D eigenvalue weighted by atomic mass is 10.0. The van der Waals surface area contributed by atoms with E-state index in [0.717, 1.165) is 5.56 Å². The van der Waals surface area contributed by atoms with Crippen molar-refractivity contribution in [2.24, 2.45) is 0 Å². The van der Waals surface area contributed by atoms with Crippen LogP contribution in [0.4, 0.5) is 0 Å². The molecule has 2 rings (SSSR count). The van der Waals surface area contributed by atoms with Gasteiger partial charge in [0.1, 0.15) is 11.8 Å². The summed E-state index contributed by atoms with van der Waals surface area (Å²) in [4.78, 5) is 24.0.